The molecule has 0 saturated heterocycles. The van der Waals surface area contributed by atoms with Crippen molar-refractivity contribution in [2.75, 3.05) is 7.05 Å². The van der Waals surface area contributed by atoms with E-state index in [1.165, 1.54) is 0 Å². The molecule has 1 aromatic rings. The zero-order chi connectivity index (χ0) is 12.8. The van der Waals surface area contributed by atoms with Gasteiger partial charge in [0.05, 0.1) is 11.6 Å². The molecule has 90 valence electrons. The maximum atomic E-state index is 11.7. The lowest BCUT2D eigenvalue weighted by Crippen LogP contribution is -2.40. The van der Waals surface area contributed by atoms with E-state index in [2.05, 4.69) is 11.4 Å². The minimum Gasteiger partial charge on any atom is -0.336 e. The Labute approximate surface area is 102 Å². The summed E-state index contributed by atoms with van der Waals surface area (Å²) in [7, 11) is 1.73. The second-order valence-corrected chi connectivity index (χ2v) is 4.27. The number of nitrogens with zero attached hydrogens (tertiary/aromatic N) is 2. The Morgan fingerprint density at radius 3 is 2.82 bits per heavy atom. The van der Waals surface area contributed by atoms with Crippen LogP contribution in [0.3, 0.4) is 0 Å². The molecule has 0 aliphatic rings. The molecule has 17 heavy (non-hydrogen) atoms. The van der Waals surface area contributed by atoms with Crippen LogP contribution in [0.15, 0.2) is 24.3 Å². The molecule has 1 rings (SSSR count). The summed E-state index contributed by atoms with van der Waals surface area (Å²) in [6.07, 6.45) is 0. The first-order chi connectivity index (χ1) is 8.02. The SMILES string of the molecule is CC(C)NC(=O)N(C)Cc1cccc(C#N)c1. The maximum absolute atomic E-state index is 11.7. The van der Waals surface area contributed by atoms with Crippen LogP contribution in [0, 0.1) is 11.3 Å². The molecule has 0 fully saturated rings. The van der Waals surface area contributed by atoms with E-state index < -0.39 is 0 Å². The van der Waals surface area contributed by atoms with Crippen LogP contribution in [0.2, 0.25) is 0 Å². The fourth-order valence-electron chi connectivity index (χ4n) is 1.44. The van der Waals surface area contributed by atoms with Gasteiger partial charge in [0.2, 0.25) is 0 Å². The molecule has 1 aromatic carbocycles. The summed E-state index contributed by atoms with van der Waals surface area (Å²) in [5.74, 6) is 0. The van der Waals surface area contributed by atoms with Crippen molar-refractivity contribution in [3.63, 3.8) is 0 Å². The monoisotopic (exact) mass is 231 g/mol. The van der Waals surface area contributed by atoms with Crippen molar-refractivity contribution in [3.05, 3.63) is 35.4 Å². The van der Waals surface area contributed by atoms with Crippen LogP contribution in [-0.4, -0.2) is 24.0 Å². The number of nitriles is 1. The van der Waals surface area contributed by atoms with E-state index in [9.17, 15) is 4.79 Å². The van der Waals surface area contributed by atoms with Gasteiger partial charge in [-0.25, -0.2) is 4.79 Å². The topological polar surface area (TPSA) is 56.1 Å². The number of urea groups is 1. The van der Waals surface area contributed by atoms with Crippen LogP contribution >= 0.6 is 0 Å². The van der Waals surface area contributed by atoms with Crippen LogP contribution in [0.4, 0.5) is 4.79 Å². The fourth-order valence-corrected chi connectivity index (χ4v) is 1.44. The highest BCUT2D eigenvalue weighted by Crippen LogP contribution is 2.06. The van der Waals surface area contributed by atoms with Crippen molar-refractivity contribution in [1.82, 2.24) is 10.2 Å². The van der Waals surface area contributed by atoms with E-state index in [1.807, 2.05) is 26.0 Å². The summed E-state index contributed by atoms with van der Waals surface area (Å²) in [6.45, 7) is 4.33. The van der Waals surface area contributed by atoms with Crippen molar-refractivity contribution in [1.29, 1.82) is 5.26 Å². The number of carbonyl (C=O) groups is 1. The molecule has 0 aliphatic carbocycles. The molecule has 4 heteroatoms. The predicted molar refractivity (Wildman–Crippen MR) is 66.3 cm³/mol. The van der Waals surface area contributed by atoms with Crippen molar-refractivity contribution in [3.8, 4) is 6.07 Å². The van der Waals surface area contributed by atoms with Crippen molar-refractivity contribution in [2.24, 2.45) is 0 Å². The van der Waals surface area contributed by atoms with Gasteiger partial charge in [-0.2, -0.15) is 5.26 Å². The third-order valence-corrected chi connectivity index (χ3v) is 2.23. The lowest BCUT2D eigenvalue weighted by Gasteiger charge is -2.19. The van der Waals surface area contributed by atoms with Gasteiger partial charge in [0.15, 0.2) is 0 Å². The van der Waals surface area contributed by atoms with Gasteiger partial charge in [-0.15, -0.1) is 0 Å². The number of nitrogens with one attached hydrogen (secondary N) is 1. The number of rotatable bonds is 3. The Hall–Kier alpha value is -2.02. The lowest BCUT2D eigenvalue weighted by molar-refractivity contribution is 0.204. The molecule has 0 unspecified atom stereocenters. The number of carbonyl (C=O) groups excluding carboxylic acids is 1. The first-order valence-electron chi connectivity index (χ1n) is 5.53. The number of amides is 2. The summed E-state index contributed by atoms with van der Waals surface area (Å²) in [5.41, 5.74) is 1.56. The third kappa shape index (κ3) is 4.15. The highest BCUT2D eigenvalue weighted by atomic mass is 16.2. The zero-order valence-corrected chi connectivity index (χ0v) is 10.4. The Bertz CT molecular complexity index is 435. The number of benzene rings is 1. The summed E-state index contributed by atoms with van der Waals surface area (Å²) < 4.78 is 0. The van der Waals surface area contributed by atoms with Crippen molar-refractivity contribution >= 4 is 6.03 Å². The van der Waals surface area contributed by atoms with Crippen LogP contribution in [-0.2, 0) is 6.54 Å². The normalized spacial score (nSPS) is 9.82. The van der Waals surface area contributed by atoms with Crippen LogP contribution < -0.4 is 5.32 Å². The molecule has 0 radical (unpaired) electrons. The van der Waals surface area contributed by atoms with Gasteiger partial charge in [-0.3, -0.25) is 0 Å². The lowest BCUT2D eigenvalue weighted by atomic mass is 10.1. The average Bonchev–Trinajstić information content (AvgIpc) is 2.28. The molecule has 0 bridgehead atoms. The molecule has 0 heterocycles. The minimum absolute atomic E-state index is 0.109. The molecule has 0 aromatic heterocycles. The average molecular weight is 231 g/mol. The van der Waals surface area contributed by atoms with Gasteiger partial charge in [-0.1, -0.05) is 12.1 Å². The summed E-state index contributed by atoms with van der Waals surface area (Å²) in [5, 5.41) is 11.6. The Morgan fingerprint density at radius 1 is 1.53 bits per heavy atom. The van der Waals surface area contributed by atoms with E-state index in [-0.39, 0.29) is 12.1 Å². The third-order valence-electron chi connectivity index (χ3n) is 2.23. The first kappa shape index (κ1) is 13.0. The van der Waals surface area contributed by atoms with E-state index in [0.29, 0.717) is 12.1 Å². The van der Waals surface area contributed by atoms with Crippen molar-refractivity contribution < 1.29 is 4.79 Å². The quantitative estimate of drug-likeness (QED) is 0.866. The van der Waals surface area contributed by atoms with E-state index in [1.54, 1.807) is 24.1 Å². The minimum atomic E-state index is -0.109. The predicted octanol–water partition coefficient (Wildman–Crippen LogP) is 2.11. The van der Waals surface area contributed by atoms with E-state index >= 15 is 0 Å². The molecule has 0 spiro atoms. The van der Waals surface area contributed by atoms with E-state index in [0.717, 1.165) is 5.56 Å². The maximum Gasteiger partial charge on any atom is 0.317 e. The van der Waals surface area contributed by atoms with E-state index in [4.69, 9.17) is 5.26 Å². The molecule has 1 N–H and O–H groups in total. The van der Waals surface area contributed by atoms with Crippen LogP contribution in [0.25, 0.3) is 0 Å². The summed E-state index contributed by atoms with van der Waals surface area (Å²) in [6, 6.07) is 9.36. The summed E-state index contributed by atoms with van der Waals surface area (Å²) >= 11 is 0. The highest BCUT2D eigenvalue weighted by Gasteiger charge is 2.09. The molecule has 4 nitrogen and oxygen atoms in total. The van der Waals surface area contributed by atoms with Gasteiger partial charge >= 0.3 is 6.03 Å². The Morgan fingerprint density at radius 2 is 2.24 bits per heavy atom. The smallest absolute Gasteiger partial charge is 0.317 e. The Kier molecular flexibility index (Phi) is 4.53. The largest absolute Gasteiger partial charge is 0.336 e. The second kappa shape index (κ2) is 5.90. The molecular formula is C13H17N3O. The van der Waals surface area contributed by atoms with Crippen LogP contribution in [0.1, 0.15) is 25.0 Å². The summed E-state index contributed by atoms with van der Waals surface area (Å²) in [4.78, 5) is 13.3. The van der Waals surface area contributed by atoms with Gasteiger partial charge in [0.1, 0.15) is 0 Å². The fraction of sp³-hybridized carbons (Fsp3) is 0.385. The molecule has 2 amide bonds. The second-order valence-electron chi connectivity index (χ2n) is 4.27. The molecule has 0 saturated carbocycles. The van der Waals surface area contributed by atoms with Gasteiger partial charge in [-0.05, 0) is 31.5 Å². The first-order valence-corrected chi connectivity index (χ1v) is 5.53. The molecule has 0 atom stereocenters. The standard InChI is InChI=1S/C13H17N3O/c1-10(2)15-13(17)16(3)9-12-6-4-5-11(7-12)8-14/h4-7,10H,9H2,1-3H3,(H,15,17). The van der Waals surface area contributed by atoms with Gasteiger partial charge < -0.3 is 10.2 Å². The highest BCUT2D eigenvalue weighted by molar-refractivity contribution is 5.74. The van der Waals surface area contributed by atoms with Crippen LogP contribution in [0.5, 0.6) is 0 Å². The zero-order valence-electron chi connectivity index (χ0n) is 10.4. The molecule has 0 aliphatic heterocycles. The van der Waals surface area contributed by atoms with Gasteiger partial charge in [0, 0.05) is 19.6 Å². The Balaban J connectivity index is 2.64. The number of hydrogen-bond acceptors (Lipinski definition) is 2. The van der Waals surface area contributed by atoms with Gasteiger partial charge in [0.25, 0.3) is 0 Å². The molecular weight excluding hydrogens is 214 g/mol. The van der Waals surface area contributed by atoms with Crippen molar-refractivity contribution in [2.45, 2.75) is 26.4 Å². The number of hydrogen-bond donors (Lipinski definition) is 1.